The van der Waals surface area contributed by atoms with Crippen molar-refractivity contribution < 1.29 is 0 Å². The molecule has 0 amide bonds. The summed E-state index contributed by atoms with van der Waals surface area (Å²) in [5.41, 5.74) is 9.57. The Balaban J connectivity index is 1.76. The summed E-state index contributed by atoms with van der Waals surface area (Å²) in [6, 6.07) is 19.2. The summed E-state index contributed by atoms with van der Waals surface area (Å²) in [7, 11) is 2.15. The lowest BCUT2D eigenvalue weighted by Crippen LogP contribution is -2.18. The Labute approximate surface area is 122 Å². The fourth-order valence-corrected chi connectivity index (χ4v) is 2.37. The zero-order valence-electron chi connectivity index (χ0n) is 12.3. The van der Waals surface area contributed by atoms with Crippen molar-refractivity contribution in [1.82, 2.24) is 0 Å². The minimum Gasteiger partial charge on any atom is -0.375 e. The van der Waals surface area contributed by atoms with Gasteiger partial charge in [0.1, 0.15) is 0 Å². The summed E-state index contributed by atoms with van der Waals surface area (Å²) in [5, 5.41) is 0. The van der Waals surface area contributed by atoms with E-state index in [4.69, 9.17) is 5.73 Å². The van der Waals surface area contributed by atoms with Gasteiger partial charge in [-0.2, -0.15) is 0 Å². The highest BCUT2D eigenvalue weighted by molar-refractivity contribution is 5.47. The van der Waals surface area contributed by atoms with E-state index in [1.165, 1.54) is 29.7 Å². The SMILES string of the molecule is CN(CCCCc1ccccc1)c1cccc(CN)c1. The second-order valence-electron chi connectivity index (χ2n) is 5.24. The molecule has 2 aromatic rings. The maximum absolute atomic E-state index is 5.69. The van der Waals surface area contributed by atoms with Gasteiger partial charge in [-0.1, -0.05) is 42.5 Å². The second kappa shape index (κ2) is 7.71. The van der Waals surface area contributed by atoms with Gasteiger partial charge in [0.2, 0.25) is 0 Å². The molecule has 2 N–H and O–H groups in total. The number of rotatable bonds is 7. The molecule has 0 radical (unpaired) electrons. The monoisotopic (exact) mass is 268 g/mol. The van der Waals surface area contributed by atoms with Crippen molar-refractivity contribution in [1.29, 1.82) is 0 Å². The number of anilines is 1. The van der Waals surface area contributed by atoms with Gasteiger partial charge in [0.25, 0.3) is 0 Å². The molecule has 0 fully saturated rings. The third kappa shape index (κ3) is 4.39. The Morgan fingerprint density at radius 1 is 0.900 bits per heavy atom. The maximum Gasteiger partial charge on any atom is 0.0366 e. The Hall–Kier alpha value is -1.80. The van der Waals surface area contributed by atoms with Gasteiger partial charge in [-0.25, -0.2) is 0 Å². The summed E-state index contributed by atoms with van der Waals surface area (Å²) in [4.78, 5) is 2.31. The molecule has 0 aliphatic heterocycles. The van der Waals surface area contributed by atoms with E-state index in [9.17, 15) is 0 Å². The van der Waals surface area contributed by atoms with Gasteiger partial charge in [0.15, 0.2) is 0 Å². The van der Waals surface area contributed by atoms with Crippen LogP contribution < -0.4 is 10.6 Å². The molecule has 0 aromatic heterocycles. The molecule has 0 aliphatic rings. The van der Waals surface area contributed by atoms with E-state index >= 15 is 0 Å². The van der Waals surface area contributed by atoms with E-state index in [1.54, 1.807) is 0 Å². The van der Waals surface area contributed by atoms with Crippen molar-refractivity contribution in [3.05, 3.63) is 65.7 Å². The lowest BCUT2D eigenvalue weighted by Gasteiger charge is -2.20. The molecule has 2 aromatic carbocycles. The molecule has 0 unspecified atom stereocenters. The predicted octanol–water partition coefficient (Wildman–Crippen LogP) is 3.60. The zero-order valence-corrected chi connectivity index (χ0v) is 12.3. The average Bonchev–Trinajstić information content (AvgIpc) is 2.52. The first kappa shape index (κ1) is 14.6. The molecule has 106 valence electrons. The Kier molecular flexibility index (Phi) is 5.63. The van der Waals surface area contributed by atoms with Crippen molar-refractivity contribution in [3.63, 3.8) is 0 Å². The van der Waals surface area contributed by atoms with Crippen LogP contribution >= 0.6 is 0 Å². The topological polar surface area (TPSA) is 29.3 Å². The van der Waals surface area contributed by atoms with Crippen LogP contribution in [0.3, 0.4) is 0 Å². The second-order valence-corrected chi connectivity index (χ2v) is 5.24. The molecule has 2 nitrogen and oxygen atoms in total. The quantitative estimate of drug-likeness (QED) is 0.777. The van der Waals surface area contributed by atoms with Crippen molar-refractivity contribution >= 4 is 5.69 Å². The molecule has 2 heteroatoms. The Bertz CT molecular complexity index is 508. The van der Waals surface area contributed by atoms with Crippen molar-refractivity contribution in [2.45, 2.75) is 25.8 Å². The molecule has 0 bridgehead atoms. The van der Waals surface area contributed by atoms with Gasteiger partial charge in [-0.15, -0.1) is 0 Å². The van der Waals surface area contributed by atoms with E-state index in [1.807, 2.05) is 0 Å². The van der Waals surface area contributed by atoms with Crippen molar-refractivity contribution in [2.24, 2.45) is 5.73 Å². The molecule has 0 atom stereocenters. The van der Waals surface area contributed by atoms with Crippen LogP contribution in [0.2, 0.25) is 0 Å². The van der Waals surface area contributed by atoms with Crippen LogP contribution in [0, 0.1) is 0 Å². The summed E-state index contributed by atoms with van der Waals surface area (Å²) in [6.45, 7) is 1.69. The third-order valence-corrected chi connectivity index (χ3v) is 3.64. The normalized spacial score (nSPS) is 10.5. The summed E-state index contributed by atoms with van der Waals surface area (Å²) < 4.78 is 0. The van der Waals surface area contributed by atoms with E-state index in [0.29, 0.717) is 6.54 Å². The smallest absolute Gasteiger partial charge is 0.0366 e. The number of aryl methyl sites for hydroxylation is 1. The largest absolute Gasteiger partial charge is 0.375 e. The summed E-state index contributed by atoms with van der Waals surface area (Å²) >= 11 is 0. The lowest BCUT2D eigenvalue weighted by atomic mass is 10.1. The third-order valence-electron chi connectivity index (χ3n) is 3.64. The van der Waals surface area contributed by atoms with Crippen LogP contribution in [-0.4, -0.2) is 13.6 Å². The van der Waals surface area contributed by atoms with Gasteiger partial charge in [-0.05, 0) is 42.5 Å². The Morgan fingerprint density at radius 2 is 1.65 bits per heavy atom. The highest BCUT2D eigenvalue weighted by atomic mass is 15.1. The molecule has 2 rings (SSSR count). The van der Waals surface area contributed by atoms with Gasteiger partial charge >= 0.3 is 0 Å². The predicted molar refractivity (Wildman–Crippen MR) is 87.0 cm³/mol. The molecular weight excluding hydrogens is 244 g/mol. The van der Waals surface area contributed by atoms with Crippen LogP contribution in [0.5, 0.6) is 0 Å². The van der Waals surface area contributed by atoms with E-state index in [2.05, 4.69) is 66.5 Å². The minimum atomic E-state index is 0.607. The molecular formula is C18H24N2. The number of unbranched alkanes of at least 4 members (excludes halogenated alkanes) is 1. The molecule has 20 heavy (non-hydrogen) atoms. The average molecular weight is 268 g/mol. The van der Waals surface area contributed by atoms with Gasteiger partial charge in [0.05, 0.1) is 0 Å². The zero-order chi connectivity index (χ0) is 14.2. The first-order valence-electron chi connectivity index (χ1n) is 7.33. The number of nitrogens with zero attached hydrogens (tertiary/aromatic N) is 1. The number of benzene rings is 2. The lowest BCUT2D eigenvalue weighted by molar-refractivity contribution is 0.719. The molecule has 0 spiro atoms. The number of hydrogen-bond acceptors (Lipinski definition) is 2. The highest BCUT2D eigenvalue weighted by Crippen LogP contribution is 2.15. The Morgan fingerprint density at radius 3 is 2.40 bits per heavy atom. The summed E-state index contributed by atoms with van der Waals surface area (Å²) in [5.74, 6) is 0. The van der Waals surface area contributed by atoms with Crippen LogP contribution in [-0.2, 0) is 13.0 Å². The van der Waals surface area contributed by atoms with Crippen LogP contribution in [0.15, 0.2) is 54.6 Å². The van der Waals surface area contributed by atoms with E-state index in [0.717, 1.165) is 13.0 Å². The highest BCUT2D eigenvalue weighted by Gasteiger charge is 2.01. The van der Waals surface area contributed by atoms with E-state index in [-0.39, 0.29) is 0 Å². The fraction of sp³-hybridized carbons (Fsp3) is 0.333. The first-order valence-corrected chi connectivity index (χ1v) is 7.33. The molecule has 0 saturated carbocycles. The molecule has 0 aliphatic carbocycles. The summed E-state index contributed by atoms with van der Waals surface area (Å²) in [6.07, 6.45) is 3.60. The maximum atomic E-state index is 5.69. The fourth-order valence-electron chi connectivity index (χ4n) is 2.37. The van der Waals surface area contributed by atoms with Gasteiger partial charge in [-0.3, -0.25) is 0 Å². The molecule has 0 saturated heterocycles. The van der Waals surface area contributed by atoms with Crippen molar-refractivity contribution in [2.75, 3.05) is 18.5 Å². The standard InChI is InChI=1S/C18H24N2/c1-20(18-12-7-11-17(14-18)15-19)13-6-5-10-16-8-3-2-4-9-16/h2-4,7-9,11-12,14H,5-6,10,13,15,19H2,1H3. The van der Waals surface area contributed by atoms with Crippen molar-refractivity contribution in [3.8, 4) is 0 Å². The van der Waals surface area contributed by atoms with Crippen LogP contribution in [0.1, 0.15) is 24.0 Å². The van der Waals surface area contributed by atoms with Gasteiger partial charge in [0, 0.05) is 25.8 Å². The van der Waals surface area contributed by atoms with Gasteiger partial charge < -0.3 is 10.6 Å². The first-order chi connectivity index (χ1) is 9.79. The van der Waals surface area contributed by atoms with Crippen LogP contribution in [0.25, 0.3) is 0 Å². The minimum absolute atomic E-state index is 0.607. The number of nitrogens with two attached hydrogens (primary N) is 1. The van der Waals surface area contributed by atoms with E-state index < -0.39 is 0 Å². The van der Waals surface area contributed by atoms with Crippen LogP contribution in [0.4, 0.5) is 5.69 Å². The number of hydrogen-bond donors (Lipinski definition) is 1. The molecule has 0 heterocycles.